The van der Waals surface area contributed by atoms with Crippen molar-refractivity contribution in [3.05, 3.63) is 102 Å². The minimum absolute atomic E-state index is 0.0656. The predicted molar refractivity (Wildman–Crippen MR) is 104 cm³/mol. The minimum Gasteiger partial charge on any atom is -0.497 e. The van der Waals surface area contributed by atoms with Crippen LogP contribution in [-0.2, 0) is 0 Å². The van der Waals surface area contributed by atoms with E-state index in [1.165, 1.54) is 6.08 Å². The van der Waals surface area contributed by atoms with E-state index >= 15 is 0 Å². The molecule has 0 N–H and O–H groups in total. The Kier molecular flexibility index (Phi) is 5.80. The Labute approximate surface area is 157 Å². The molecule has 0 unspecified atom stereocenters. The molecule has 3 rings (SSSR count). The van der Waals surface area contributed by atoms with E-state index in [1.54, 1.807) is 73.8 Å². The summed E-state index contributed by atoms with van der Waals surface area (Å²) in [6.45, 7) is 0. The zero-order valence-electron chi connectivity index (χ0n) is 14.8. The maximum Gasteiger partial charge on any atom is 0.343 e. The number of allylic oxidation sites excluding steroid dienone is 1. The van der Waals surface area contributed by atoms with Gasteiger partial charge in [-0.2, -0.15) is 0 Å². The summed E-state index contributed by atoms with van der Waals surface area (Å²) in [7, 11) is 1.54. The Morgan fingerprint density at radius 2 is 1.48 bits per heavy atom. The normalized spacial score (nSPS) is 10.6. The number of hydrogen-bond acceptors (Lipinski definition) is 4. The van der Waals surface area contributed by atoms with Gasteiger partial charge in [-0.1, -0.05) is 54.6 Å². The third-order valence-electron chi connectivity index (χ3n) is 3.88. The third kappa shape index (κ3) is 4.92. The highest BCUT2D eigenvalue weighted by Crippen LogP contribution is 2.18. The number of methoxy groups -OCH3 is 1. The van der Waals surface area contributed by atoms with E-state index in [1.807, 2.05) is 18.2 Å². The van der Waals surface area contributed by atoms with Crippen molar-refractivity contribution in [3.8, 4) is 11.5 Å². The van der Waals surface area contributed by atoms with Crippen LogP contribution in [0.25, 0.3) is 6.08 Å². The molecular formula is C23H18O4. The summed E-state index contributed by atoms with van der Waals surface area (Å²) in [6, 6.07) is 22.8. The van der Waals surface area contributed by atoms with E-state index in [-0.39, 0.29) is 5.78 Å². The number of ether oxygens (including phenoxy) is 2. The van der Waals surface area contributed by atoms with Crippen molar-refractivity contribution >= 4 is 17.8 Å². The SMILES string of the molecule is COc1cccc(C(=O)Oc2ccc(/C=C/C(=O)c3ccccc3)cc2)c1. The van der Waals surface area contributed by atoms with Crippen LogP contribution in [0.5, 0.6) is 11.5 Å². The fourth-order valence-electron chi connectivity index (χ4n) is 2.43. The first-order valence-electron chi connectivity index (χ1n) is 8.39. The largest absolute Gasteiger partial charge is 0.497 e. The second-order valence-corrected chi connectivity index (χ2v) is 5.75. The Morgan fingerprint density at radius 3 is 2.19 bits per heavy atom. The van der Waals surface area contributed by atoms with Crippen LogP contribution in [-0.4, -0.2) is 18.9 Å². The maximum atomic E-state index is 12.2. The van der Waals surface area contributed by atoms with E-state index in [0.717, 1.165) is 5.56 Å². The molecule has 0 saturated carbocycles. The van der Waals surface area contributed by atoms with E-state index < -0.39 is 5.97 Å². The molecule has 0 aliphatic carbocycles. The summed E-state index contributed by atoms with van der Waals surface area (Å²) in [5.74, 6) is 0.489. The summed E-state index contributed by atoms with van der Waals surface area (Å²) in [4.78, 5) is 24.3. The van der Waals surface area contributed by atoms with Gasteiger partial charge in [-0.05, 0) is 42.0 Å². The Morgan fingerprint density at radius 1 is 0.778 bits per heavy atom. The average molecular weight is 358 g/mol. The first kappa shape index (κ1) is 18.1. The van der Waals surface area contributed by atoms with E-state index in [9.17, 15) is 9.59 Å². The van der Waals surface area contributed by atoms with Crippen LogP contribution in [0.15, 0.2) is 84.9 Å². The molecule has 3 aromatic carbocycles. The number of hydrogen-bond donors (Lipinski definition) is 0. The number of ketones is 1. The molecule has 0 fully saturated rings. The first-order valence-corrected chi connectivity index (χ1v) is 8.39. The van der Waals surface area contributed by atoms with Gasteiger partial charge in [0.15, 0.2) is 5.78 Å². The number of carbonyl (C=O) groups excluding carboxylic acids is 2. The smallest absolute Gasteiger partial charge is 0.343 e. The molecule has 4 heteroatoms. The lowest BCUT2D eigenvalue weighted by atomic mass is 10.1. The van der Waals surface area contributed by atoms with Crippen molar-refractivity contribution in [1.82, 2.24) is 0 Å². The van der Waals surface area contributed by atoms with Gasteiger partial charge in [0.2, 0.25) is 0 Å². The van der Waals surface area contributed by atoms with Crippen LogP contribution in [0.3, 0.4) is 0 Å². The lowest BCUT2D eigenvalue weighted by Gasteiger charge is -2.06. The van der Waals surface area contributed by atoms with Gasteiger partial charge >= 0.3 is 5.97 Å². The van der Waals surface area contributed by atoms with Gasteiger partial charge in [-0.25, -0.2) is 4.79 Å². The van der Waals surface area contributed by atoms with Crippen molar-refractivity contribution in [3.63, 3.8) is 0 Å². The molecule has 3 aromatic rings. The monoisotopic (exact) mass is 358 g/mol. The zero-order valence-corrected chi connectivity index (χ0v) is 14.8. The lowest BCUT2D eigenvalue weighted by Crippen LogP contribution is -2.08. The molecule has 0 amide bonds. The lowest BCUT2D eigenvalue weighted by molar-refractivity contribution is 0.0734. The van der Waals surface area contributed by atoms with Crippen LogP contribution in [0, 0.1) is 0 Å². The first-order chi connectivity index (χ1) is 13.2. The number of esters is 1. The number of rotatable bonds is 6. The van der Waals surface area contributed by atoms with E-state index in [2.05, 4.69) is 0 Å². The van der Waals surface area contributed by atoms with Crippen LogP contribution in [0.4, 0.5) is 0 Å². The second kappa shape index (κ2) is 8.63. The highest BCUT2D eigenvalue weighted by atomic mass is 16.5. The molecule has 0 spiro atoms. The molecule has 4 nitrogen and oxygen atoms in total. The van der Waals surface area contributed by atoms with E-state index in [0.29, 0.717) is 22.6 Å². The predicted octanol–water partition coefficient (Wildman–Crippen LogP) is 4.81. The summed E-state index contributed by atoms with van der Waals surface area (Å²) in [6.07, 6.45) is 3.25. The molecular weight excluding hydrogens is 340 g/mol. The van der Waals surface area contributed by atoms with Crippen LogP contribution >= 0.6 is 0 Å². The molecule has 0 saturated heterocycles. The second-order valence-electron chi connectivity index (χ2n) is 5.75. The summed E-state index contributed by atoms with van der Waals surface area (Å²) in [5, 5.41) is 0. The van der Waals surface area contributed by atoms with Gasteiger partial charge in [0, 0.05) is 5.56 Å². The fraction of sp³-hybridized carbons (Fsp3) is 0.0435. The minimum atomic E-state index is -0.462. The molecule has 0 radical (unpaired) electrons. The van der Waals surface area contributed by atoms with Gasteiger partial charge < -0.3 is 9.47 Å². The number of benzene rings is 3. The molecule has 27 heavy (non-hydrogen) atoms. The van der Waals surface area contributed by atoms with E-state index in [4.69, 9.17) is 9.47 Å². The van der Waals surface area contributed by atoms with Crippen LogP contribution in [0.2, 0.25) is 0 Å². The zero-order chi connectivity index (χ0) is 19.1. The molecule has 0 bridgehead atoms. The van der Waals surface area contributed by atoms with Crippen molar-refractivity contribution in [2.45, 2.75) is 0 Å². The molecule has 0 aromatic heterocycles. The Bertz CT molecular complexity index is 957. The van der Waals surface area contributed by atoms with Crippen molar-refractivity contribution in [2.24, 2.45) is 0 Å². The Hall–Kier alpha value is -3.66. The summed E-state index contributed by atoms with van der Waals surface area (Å²) >= 11 is 0. The quantitative estimate of drug-likeness (QED) is 0.275. The van der Waals surface area contributed by atoms with Gasteiger partial charge in [-0.3, -0.25) is 4.79 Å². The highest BCUT2D eigenvalue weighted by Gasteiger charge is 2.09. The van der Waals surface area contributed by atoms with Gasteiger partial charge in [0.05, 0.1) is 12.7 Å². The fourth-order valence-corrected chi connectivity index (χ4v) is 2.43. The molecule has 134 valence electrons. The topological polar surface area (TPSA) is 52.6 Å². The van der Waals surface area contributed by atoms with Gasteiger partial charge in [0.1, 0.15) is 11.5 Å². The maximum absolute atomic E-state index is 12.2. The van der Waals surface area contributed by atoms with Gasteiger partial charge in [0.25, 0.3) is 0 Å². The van der Waals surface area contributed by atoms with Crippen LogP contribution in [0.1, 0.15) is 26.3 Å². The number of carbonyl (C=O) groups is 2. The van der Waals surface area contributed by atoms with Crippen molar-refractivity contribution in [1.29, 1.82) is 0 Å². The highest BCUT2D eigenvalue weighted by molar-refractivity contribution is 6.06. The van der Waals surface area contributed by atoms with Crippen LogP contribution < -0.4 is 9.47 Å². The molecule has 0 aliphatic rings. The molecule has 0 heterocycles. The standard InChI is InChI=1S/C23H18O4/c1-26-21-9-5-8-19(16-21)23(25)27-20-13-10-17(11-14-20)12-15-22(24)18-6-3-2-4-7-18/h2-16H,1H3/b15-12+. The summed E-state index contributed by atoms with van der Waals surface area (Å²) in [5.41, 5.74) is 1.88. The summed E-state index contributed by atoms with van der Waals surface area (Å²) < 4.78 is 10.5. The molecule has 0 aliphatic heterocycles. The van der Waals surface area contributed by atoms with Crippen molar-refractivity contribution < 1.29 is 19.1 Å². The third-order valence-corrected chi connectivity index (χ3v) is 3.88. The molecule has 0 atom stereocenters. The van der Waals surface area contributed by atoms with Gasteiger partial charge in [-0.15, -0.1) is 0 Å². The van der Waals surface area contributed by atoms with Crippen molar-refractivity contribution in [2.75, 3.05) is 7.11 Å². The Balaban J connectivity index is 1.64. The average Bonchev–Trinajstić information content (AvgIpc) is 2.73.